The molecule has 0 aliphatic heterocycles. The Labute approximate surface area is 60.9 Å². The first-order valence-electron chi connectivity index (χ1n) is 1.49. The van der Waals surface area contributed by atoms with Crippen LogP contribution in [0.3, 0.4) is 0 Å². The zero-order valence-corrected chi connectivity index (χ0v) is 6.28. The summed E-state index contributed by atoms with van der Waals surface area (Å²) in [7, 11) is 0. The predicted molar refractivity (Wildman–Crippen MR) is 20.6 cm³/mol. The molecule has 0 N–H and O–H groups in total. The first kappa shape index (κ1) is 5.38. The standard InChI is InChI=1S/C3H5.K/c1-3-2;/h1,3H,2H3;. The zero-order valence-electron chi connectivity index (χ0n) is 3.15. The Morgan fingerprint density at radius 1 is 1.75 bits per heavy atom. The van der Waals surface area contributed by atoms with Crippen molar-refractivity contribution in [1.82, 2.24) is 0 Å². The third-order valence-corrected chi connectivity index (χ3v) is 1.37. The van der Waals surface area contributed by atoms with Gasteiger partial charge in [0, 0.05) is 0 Å². The molecule has 0 saturated heterocycles. The van der Waals surface area contributed by atoms with E-state index in [1.807, 2.05) is 6.92 Å². The van der Waals surface area contributed by atoms with Crippen LogP contribution in [0.2, 0.25) is 0 Å². The first-order chi connectivity index (χ1) is 1.91. The van der Waals surface area contributed by atoms with Gasteiger partial charge in [-0.1, -0.05) is 0 Å². The molecule has 0 spiro atoms. The van der Waals surface area contributed by atoms with Gasteiger partial charge < -0.3 is 0 Å². The van der Waals surface area contributed by atoms with Crippen LogP contribution in [0, 0.1) is 0 Å². The summed E-state index contributed by atoms with van der Waals surface area (Å²) < 4.78 is 2.19. The van der Waals surface area contributed by atoms with E-state index >= 15 is 0 Å². The summed E-state index contributed by atoms with van der Waals surface area (Å²) in [5.74, 6) is 0. The Balaban J connectivity index is 2.55. The number of rotatable bonds is 0. The summed E-state index contributed by atoms with van der Waals surface area (Å²) in [6.45, 7) is 2.05. The molecule has 0 aliphatic rings. The van der Waals surface area contributed by atoms with E-state index in [4.69, 9.17) is 0 Å². The van der Waals surface area contributed by atoms with Crippen molar-refractivity contribution < 1.29 is 0 Å². The van der Waals surface area contributed by atoms with E-state index in [1.54, 1.807) is 0 Å². The third kappa shape index (κ3) is 3.38. The Kier molecular flexibility index (Phi) is 5.88. The summed E-state index contributed by atoms with van der Waals surface area (Å²) in [5.41, 5.74) is 0. The molecule has 0 bridgehead atoms. The molecular weight excluding hydrogens is 75.1 g/mol. The van der Waals surface area contributed by atoms with E-state index in [9.17, 15) is 0 Å². The van der Waals surface area contributed by atoms with E-state index < -0.39 is 0 Å². The van der Waals surface area contributed by atoms with Crippen LogP contribution in [-0.2, 0) is 0 Å². The van der Waals surface area contributed by atoms with Gasteiger partial charge in [0.2, 0.25) is 0 Å². The van der Waals surface area contributed by atoms with Crippen LogP contribution >= 0.6 is 0 Å². The van der Waals surface area contributed by atoms with Crippen LogP contribution in [-0.4, -0.2) is 49.0 Å². The van der Waals surface area contributed by atoms with E-state index in [0.29, 0.717) is 0 Å². The van der Waals surface area contributed by atoms with Gasteiger partial charge in [0.05, 0.1) is 0 Å². The van der Waals surface area contributed by atoms with Crippen LogP contribution in [0.5, 0.6) is 0 Å². The van der Waals surface area contributed by atoms with Crippen molar-refractivity contribution in [3.05, 3.63) is 6.25 Å². The summed E-state index contributed by atoms with van der Waals surface area (Å²) in [4.78, 5) is 0. The fourth-order valence-electron chi connectivity index (χ4n) is 0. The van der Waals surface area contributed by atoms with Gasteiger partial charge in [-0.2, -0.15) is 0 Å². The molecule has 0 saturated carbocycles. The Hall–Kier alpha value is 1.38. The molecule has 0 radical (unpaired) electrons. The Morgan fingerprint density at radius 2 is 2.00 bits per heavy atom. The molecule has 0 aromatic heterocycles. The zero-order chi connectivity index (χ0) is 3.41. The van der Waals surface area contributed by atoms with Gasteiger partial charge >= 0.3 is 62.1 Å². The van der Waals surface area contributed by atoms with Gasteiger partial charge in [-0.3, -0.25) is 0 Å². The number of hydrogen-bond acceptors (Lipinski definition) is 0. The van der Waals surface area contributed by atoms with Crippen LogP contribution in [0.15, 0.2) is 6.25 Å². The quantitative estimate of drug-likeness (QED) is 0.375. The molecule has 0 aromatic carbocycles. The molecule has 0 nitrogen and oxygen atoms in total. The monoisotopic (exact) mass is 80.0 g/mol. The van der Waals surface area contributed by atoms with Gasteiger partial charge in [0.15, 0.2) is 0 Å². The second-order valence-electron chi connectivity index (χ2n) is 0.667. The maximum absolute atomic E-state index is 2.19. The van der Waals surface area contributed by atoms with Crippen molar-refractivity contribution in [1.29, 1.82) is 0 Å². The molecule has 1 heteroatoms. The van der Waals surface area contributed by atoms with Crippen LogP contribution in [0.1, 0.15) is 6.92 Å². The molecule has 0 aromatic rings. The average Bonchev–Trinajstić information content (AvgIpc) is 1.37. The fraction of sp³-hybridized carbons (Fsp3) is 0.333. The summed E-state index contributed by atoms with van der Waals surface area (Å²) >= 11 is 0.932. The fourth-order valence-corrected chi connectivity index (χ4v) is 0. The molecule has 0 heterocycles. The van der Waals surface area contributed by atoms with Gasteiger partial charge in [-0.25, -0.2) is 0 Å². The SMILES string of the molecule is CC=[CH][K]. The molecule has 0 unspecified atom stereocenters. The molecule has 0 fully saturated rings. The van der Waals surface area contributed by atoms with Crippen LogP contribution in [0.4, 0.5) is 0 Å². The molecule has 4 heavy (non-hydrogen) atoms. The summed E-state index contributed by atoms with van der Waals surface area (Å²) in [6.07, 6.45) is 2.08. The van der Waals surface area contributed by atoms with Crippen molar-refractivity contribution in [3.63, 3.8) is 0 Å². The van der Waals surface area contributed by atoms with Crippen molar-refractivity contribution in [3.8, 4) is 0 Å². The van der Waals surface area contributed by atoms with E-state index in [0.717, 1.165) is 49.0 Å². The van der Waals surface area contributed by atoms with Crippen LogP contribution < -0.4 is 0 Å². The van der Waals surface area contributed by atoms with Crippen LogP contribution in [0.25, 0.3) is 0 Å². The van der Waals surface area contributed by atoms with Gasteiger partial charge in [0.25, 0.3) is 0 Å². The molecule has 0 rings (SSSR count). The molecular formula is C3H5K. The molecule has 18 valence electrons. The molecule has 0 aliphatic carbocycles. The van der Waals surface area contributed by atoms with E-state index in [1.165, 1.54) is 0 Å². The second kappa shape index (κ2) is 4.38. The Morgan fingerprint density at radius 3 is 2.00 bits per heavy atom. The first-order valence-corrected chi connectivity index (χ1v) is 3.29. The van der Waals surface area contributed by atoms with Crippen molar-refractivity contribution >= 4 is 49.0 Å². The second-order valence-corrected chi connectivity index (χ2v) is 1.71. The van der Waals surface area contributed by atoms with Crippen molar-refractivity contribution in [2.45, 2.75) is 6.92 Å². The topological polar surface area (TPSA) is 0 Å². The van der Waals surface area contributed by atoms with Crippen molar-refractivity contribution in [2.24, 2.45) is 0 Å². The average molecular weight is 80.2 g/mol. The minimum atomic E-state index is 0.932. The Bertz CT molecular complexity index is 18.5. The predicted octanol–water partition coefficient (Wildman–Crippen LogP) is 0.689. The van der Waals surface area contributed by atoms with Gasteiger partial charge in [-0.05, 0) is 0 Å². The summed E-state index contributed by atoms with van der Waals surface area (Å²) in [5, 5.41) is 0. The van der Waals surface area contributed by atoms with Crippen molar-refractivity contribution in [2.75, 3.05) is 0 Å². The molecule has 0 amide bonds. The normalized spacial score (nSPS) is 9.75. The molecule has 0 atom stereocenters. The summed E-state index contributed by atoms with van der Waals surface area (Å²) in [6, 6.07) is 0. The van der Waals surface area contributed by atoms with E-state index in [-0.39, 0.29) is 0 Å². The minimum absolute atomic E-state index is 0.932. The van der Waals surface area contributed by atoms with E-state index in [2.05, 4.69) is 6.25 Å². The maximum atomic E-state index is 2.19. The number of hydrogen-bond donors (Lipinski definition) is 0. The number of allylic oxidation sites excluding steroid dienone is 1. The van der Waals surface area contributed by atoms with Gasteiger partial charge in [0.1, 0.15) is 0 Å². The van der Waals surface area contributed by atoms with Gasteiger partial charge in [-0.15, -0.1) is 0 Å². The third-order valence-electron chi connectivity index (χ3n) is 0.333.